The lowest BCUT2D eigenvalue weighted by Gasteiger charge is -2.22. The summed E-state index contributed by atoms with van der Waals surface area (Å²) in [7, 11) is 0. The zero-order valence-electron chi connectivity index (χ0n) is 18.4. The minimum atomic E-state index is -0.260. The van der Waals surface area contributed by atoms with Crippen LogP contribution in [0.25, 0.3) is 0 Å². The molecule has 0 amide bonds. The van der Waals surface area contributed by atoms with Crippen LogP contribution in [-0.4, -0.2) is 25.6 Å². The van der Waals surface area contributed by atoms with Gasteiger partial charge in [-0.25, -0.2) is 0 Å². The van der Waals surface area contributed by atoms with E-state index >= 15 is 0 Å². The third kappa shape index (κ3) is 6.07. The van der Waals surface area contributed by atoms with E-state index in [2.05, 4.69) is 72.4 Å². The van der Waals surface area contributed by atoms with E-state index in [1.165, 1.54) is 0 Å². The Balaban J connectivity index is 1.91. The van der Waals surface area contributed by atoms with E-state index in [-0.39, 0.29) is 16.7 Å². The number of nitrogens with one attached hydrogen (secondary N) is 3. The van der Waals surface area contributed by atoms with Gasteiger partial charge in [-0.1, -0.05) is 32.9 Å². The molecule has 0 aliphatic carbocycles. The quantitative estimate of drug-likeness (QED) is 0.440. The first-order valence-electron chi connectivity index (χ1n) is 9.96. The minimum Gasteiger partial charge on any atom is -0.508 e. The molecule has 30 heavy (non-hydrogen) atoms. The maximum absolute atomic E-state index is 9.72. The van der Waals surface area contributed by atoms with Crippen molar-refractivity contribution in [2.24, 2.45) is 0 Å². The van der Waals surface area contributed by atoms with E-state index < -0.39 is 0 Å². The number of phenolic OH excluding ortho intramolecular Hbond substituents is 1. The first-order valence-corrected chi connectivity index (χ1v) is 9.96. The molecule has 4 N–H and O–H groups in total. The fourth-order valence-electron chi connectivity index (χ4n) is 2.77. The Morgan fingerprint density at radius 1 is 0.700 bits per heavy atom. The molecule has 2 aromatic carbocycles. The molecule has 0 unspecified atom stereocenters. The van der Waals surface area contributed by atoms with E-state index in [4.69, 9.17) is 0 Å². The molecule has 0 aliphatic heterocycles. The van der Waals surface area contributed by atoms with Gasteiger partial charge >= 0.3 is 0 Å². The number of aromatic hydroxyl groups is 1. The summed E-state index contributed by atoms with van der Waals surface area (Å²) in [4.78, 5) is 13.7. The predicted octanol–water partition coefficient (Wildman–Crippen LogP) is 5.57. The molecule has 7 nitrogen and oxygen atoms in total. The Bertz CT molecular complexity index is 1020. The first-order chi connectivity index (χ1) is 14.0. The number of phenols is 1. The van der Waals surface area contributed by atoms with E-state index in [1.54, 1.807) is 18.2 Å². The lowest BCUT2D eigenvalue weighted by atomic mass is 9.96. The average molecular weight is 407 g/mol. The van der Waals surface area contributed by atoms with Crippen molar-refractivity contribution in [3.63, 3.8) is 0 Å². The molecular formula is C23H30N6O. The van der Waals surface area contributed by atoms with Crippen LogP contribution in [0, 0.1) is 0 Å². The molecule has 0 bridgehead atoms. The van der Waals surface area contributed by atoms with Crippen molar-refractivity contribution in [3.05, 3.63) is 54.4 Å². The summed E-state index contributed by atoms with van der Waals surface area (Å²) >= 11 is 0. The molecule has 0 saturated carbocycles. The van der Waals surface area contributed by atoms with Crippen LogP contribution in [0.1, 0.15) is 47.4 Å². The van der Waals surface area contributed by atoms with Crippen LogP contribution in [0.3, 0.4) is 0 Å². The van der Waals surface area contributed by atoms with E-state index in [0.717, 1.165) is 11.4 Å². The fraction of sp³-hybridized carbons (Fsp3) is 0.348. The van der Waals surface area contributed by atoms with Crippen molar-refractivity contribution in [1.82, 2.24) is 15.0 Å². The molecule has 0 fully saturated rings. The Labute approximate surface area is 178 Å². The largest absolute Gasteiger partial charge is 0.508 e. The summed E-state index contributed by atoms with van der Waals surface area (Å²) in [5.41, 5.74) is 2.28. The molecule has 3 rings (SSSR count). The van der Waals surface area contributed by atoms with Crippen LogP contribution >= 0.6 is 0 Å². The standard InChI is InChI=1S/C23H30N6O/c1-22(2,3)19-26-20(24-15-9-7-11-17(13-15)29-23(4,5)6)28-21(27-19)25-16-10-8-12-18(30)14-16/h7-14,29-30H,1-6H3,(H2,24,25,26,27,28). The highest BCUT2D eigenvalue weighted by molar-refractivity contribution is 5.63. The fourth-order valence-corrected chi connectivity index (χ4v) is 2.77. The molecule has 0 radical (unpaired) electrons. The van der Waals surface area contributed by atoms with Gasteiger partial charge in [-0.3, -0.25) is 0 Å². The molecule has 0 saturated heterocycles. The lowest BCUT2D eigenvalue weighted by molar-refractivity contribution is 0.475. The second-order valence-electron chi connectivity index (χ2n) is 9.31. The van der Waals surface area contributed by atoms with Crippen LogP contribution in [0.15, 0.2) is 48.5 Å². The van der Waals surface area contributed by atoms with Crippen LogP contribution in [0.4, 0.5) is 29.0 Å². The van der Waals surface area contributed by atoms with Gasteiger partial charge in [0.15, 0.2) is 0 Å². The summed E-state index contributed by atoms with van der Waals surface area (Å²) in [6, 6.07) is 14.8. The van der Waals surface area contributed by atoms with Crippen molar-refractivity contribution < 1.29 is 5.11 Å². The smallest absolute Gasteiger partial charge is 0.232 e. The molecule has 0 aliphatic rings. The monoisotopic (exact) mass is 406 g/mol. The van der Waals surface area contributed by atoms with E-state index in [9.17, 15) is 5.11 Å². The summed E-state index contributed by atoms with van der Waals surface area (Å²) < 4.78 is 0. The zero-order valence-corrected chi connectivity index (χ0v) is 18.4. The average Bonchev–Trinajstić information content (AvgIpc) is 2.59. The van der Waals surface area contributed by atoms with E-state index in [0.29, 0.717) is 23.4 Å². The normalized spacial score (nSPS) is 11.8. The van der Waals surface area contributed by atoms with Crippen molar-refractivity contribution in [2.45, 2.75) is 52.5 Å². The van der Waals surface area contributed by atoms with Crippen molar-refractivity contribution in [2.75, 3.05) is 16.0 Å². The van der Waals surface area contributed by atoms with Gasteiger partial charge < -0.3 is 21.1 Å². The SMILES string of the molecule is CC(C)(C)Nc1cccc(Nc2nc(Nc3cccc(O)c3)nc(C(C)(C)C)n2)c1. The zero-order chi connectivity index (χ0) is 21.9. The number of benzene rings is 2. The van der Waals surface area contributed by atoms with Gasteiger partial charge in [0.1, 0.15) is 11.6 Å². The number of anilines is 5. The maximum Gasteiger partial charge on any atom is 0.232 e. The van der Waals surface area contributed by atoms with Crippen LogP contribution in [0.2, 0.25) is 0 Å². The minimum absolute atomic E-state index is 0.0382. The van der Waals surface area contributed by atoms with Gasteiger partial charge in [-0.05, 0) is 51.1 Å². The molecule has 0 atom stereocenters. The summed E-state index contributed by atoms with van der Waals surface area (Å²) in [5, 5.41) is 19.6. The van der Waals surface area contributed by atoms with Crippen molar-refractivity contribution in [3.8, 4) is 5.75 Å². The Morgan fingerprint density at radius 3 is 1.77 bits per heavy atom. The highest BCUT2D eigenvalue weighted by atomic mass is 16.3. The first kappa shape index (κ1) is 21.4. The van der Waals surface area contributed by atoms with Gasteiger partial charge in [0.25, 0.3) is 0 Å². The topological polar surface area (TPSA) is 95.0 Å². The third-order valence-corrected chi connectivity index (χ3v) is 4.05. The molecule has 3 aromatic rings. The van der Waals surface area contributed by atoms with Gasteiger partial charge in [-0.2, -0.15) is 15.0 Å². The molecule has 158 valence electrons. The van der Waals surface area contributed by atoms with Gasteiger partial charge in [0.05, 0.1) is 0 Å². The number of rotatable bonds is 5. The summed E-state index contributed by atoms with van der Waals surface area (Å²) in [5.74, 6) is 1.69. The highest BCUT2D eigenvalue weighted by Crippen LogP contribution is 2.26. The van der Waals surface area contributed by atoms with Crippen LogP contribution in [0.5, 0.6) is 5.75 Å². The number of nitrogens with zero attached hydrogens (tertiary/aromatic N) is 3. The Hall–Kier alpha value is -3.35. The summed E-state index contributed by atoms with van der Waals surface area (Å²) in [6.07, 6.45) is 0. The van der Waals surface area contributed by atoms with E-state index in [1.807, 2.05) is 30.3 Å². The maximum atomic E-state index is 9.72. The molecular weight excluding hydrogens is 376 g/mol. The Kier molecular flexibility index (Phi) is 5.82. The van der Waals surface area contributed by atoms with Crippen LogP contribution < -0.4 is 16.0 Å². The second kappa shape index (κ2) is 8.18. The summed E-state index contributed by atoms with van der Waals surface area (Å²) in [6.45, 7) is 12.5. The number of hydrogen-bond acceptors (Lipinski definition) is 7. The molecule has 1 aromatic heterocycles. The van der Waals surface area contributed by atoms with Crippen molar-refractivity contribution >= 4 is 29.0 Å². The lowest BCUT2D eigenvalue weighted by Crippen LogP contribution is -2.25. The molecule has 7 heteroatoms. The van der Waals surface area contributed by atoms with Crippen LogP contribution in [-0.2, 0) is 5.41 Å². The third-order valence-electron chi connectivity index (χ3n) is 4.05. The van der Waals surface area contributed by atoms with Gasteiger partial charge in [0, 0.05) is 34.1 Å². The number of aromatic nitrogens is 3. The predicted molar refractivity (Wildman–Crippen MR) is 123 cm³/mol. The van der Waals surface area contributed by atoms with Gasteiger partial charge in [-0.15, -0.1) is 0 Å². The second-order valence-corrected chi connectivity index (χ2v) is 9.31. The molecule has 1 heterocycles. The molecule has 0 spiro atoms. The van der Waals surface area contributed by atoms with Crippen molar-refractivity contribution in [1.29, 1.82) is 0 Å². The Morgan fingerprint density at radius 2 is 1.23 bits per heavy atom. The number of hydrogen-bond donors (Lipinski definition) is 4. The van der Waals surface area contributed by atoms with Gasteiger partial charge in [0.2, 0.25) is 11.9 Å². The highest BCUT2D eigenvalue weighted by Gasteiger charge is 2.20.